The maximum absolute atomic E-state index is 10.3. The summed E-state index contributed by atoms with van der Waals surface area (Å²) >= 11 is 0. The van der Waals surface area contributed by atoms with E-state index in [0.29, 0.717) is 19.6 Å². The number of fused-ring (bicyclic) bond motifs is 2. The minimum Gasteiger partial charge on any atom is -0.370 e. The smallest absolute Gasteiger partial charge is 0.172 e. The van der Waals surface area contributed by atoms with Crippen LogP contribution in [0.25, 0.3) is 21.9 Å². The first-order valence-corrected chi connectivity index (χ1v) is 12.6. The van der Waals surface area contributed by atoms with Crippen LogP contribution in [0.15, 0.2) is 48.5 Å². The third-order valence-corrected chi connectivity index (χ3v) is 7.82. The Balaban J connectivity index is 1.56. The first-order chi connectivity index (χ1) is 16.5. The molecule has 34 heavy (non-hydrogen) atoms. The average Bonchev–Trinajstić information content (AvgIpc) is 3.40. The maximum Gasteiger partial charge on any atom is 0.172 e. The summed E-state index contributed by atoms with van der Waals surface area (Å²) < 4.78 is 12.9. The number of nitrogens with zero attached hydrogens (tertiary/aromatic N) is 2. The molecule has 0 aromatic heterocycles. The van der Waals surface area contributed by atoms with Crippen LogP contribution >= 0.6 is 0 Å². The van der Waals surface area contributed by atoms with Crippen LogP contribution < -0.4 is 4.90 Å². The summed E-state index contributed by atoms with van der Waals surface area (Å²) in [6.45, 7) is 7.82. The van der Waals surface area contributed by atoms with E-state index < -0.39 is 5.79 Å². The fourth-order valence-electron chi connectivity index (χ4n) is 5.93. The highest BCUT2D eigenvalue weighted by molar-refractivity contribution is 5.98. The van der Waals surface area contributed by atoms with Crippen molar-refractivity contribution in [2.24, 2.45) is 5.41 Å². The average molecular weight is 453 g/mol. The van der Waals surface area contributed by atoms with Gasteiger partial charge in [-0.15, -0.1) is 0 Å². The van der Waals surface area contributed by atoms with Gasteiger partial charge in [0.25, 0.3) is 0 Å². The molecule has 0 saturated carbocycles. The van der Waals surface area contributed by atoms with Crippen molar-refractivity contribution in [2.75, 3.05) is 31.2 Å². The molecule has 0 unspecified atom stereocenters. The number of hydrogen-bond acceptors (Lipinski definition) is 4. The van der Waals surface area contributed by atoms with Crippen LogP contribution in [0.2, 0.25) is 0 Å². The molecule has 2 saturated heterocycles. The van der Waals surface area contributed by atoms with Crippen LogP contribution in [-0.2, 0) is 22.3 Å². The fraction of sp³-hybridized carbons (Fsp3) is 0.433. The lowest BCUT2D eigenvalue weighted by Crippen LogP contribution is -2.50. The molecule has 2 aliphatic heterocycles. The third kappa shape index (κ3) is 3.59. The van der Waals surface area contributed by atoms with Crippen LogP contribution in [0, 0.1) is 16.7 Å². The van der Waals surface area contributed by atoms with Crippen molar-refractivity contribution in [3.05, 3.63) is 65.2 Å². The van der Waals surface area contributed by atoms with Gasteiger partial charge in [-0.2, -0.15) is 5.26 Å². The van der Waals surface area contributed by atoms with Crippen LogP contribution in [0.5, 0.6) is 0 Å². The molecule has 2 heterocycles. The first-order valence-electron chi connectivity index (χ1n) is 12.6. The molecule has 3 aliphatic rings. The highest BCUT2D eigenvalue weighted by atomic mass is 16.7. The molecule has 6 rings (SSSR count). The van der Waals surface area contributed by atoms with E-state index in [2.05, 4.69) is 73.3 Å². The van der Waals surface area contributed by atoms with Crippen molar-refractivity contribution in [2.45, 2.75) is 51.7 Å². The Morgan fingerprint density at radius 2 is 1.65 bits per heavy atom. The Hall–Kier alpha value is -2.87. The largest absolute Gasteiger partial charge is 0.370 e. The summed E-state index contributed by atoms with van der Waals surface area (Å²) in [4.78, 5) is 2.41. The van der Waals surface area contributed by atoms with Crippen LogP contribution in [0.3, 0.4) is 0 Å². The van der Waals surface area contributed by atoms with E-state index >= 15 is 0 Å². The van der Waals surface area contributed by atoms with Gasteiger partial charge in [-0.1, -0.05) is 56.3 Å². The standard InChI is InChI=1S/C30H32N2O2/c1-29(2)19-33-30(34-20-29)13-12-24-26(17-30)25(16-28(27(24)18-31)32-14-5-6-15-32)23-11-7-9-21-8-3-4-10-22(21)23/h3-4,7-11,16H,5-6,12-15,17,19-20H2,1-2H3. The van der Waals surface area contributed by atoms with Gasteiger partial charge in [0.1, 0.15) is 6.07 Å². The number of ether oxygens (including phenoxy) is 2. The van der Waals surface area contributed by atoms with Crippen molar-refractivity contribution >= 4 is 16.5 Å². The molecule has 174 valence electrons. The van der Waals surface area contributed by atoms with E-state index in [9.17, 15) is 5.26 Å². The fourth-order valence-corrected chi connectivity index (χ4v) is 5.93. The minimum atomic E-state index is -0.594. The van der Waals surface area contributed by atoms with E-state index in [1.807, 2.05) is 0 Å². The summed E-state index contributed by atoms with van der Waals surface area (Å²) in [7, 11) is 0. The Labute approximate surface area is 202 Å². The molecule has 0 bridgehead atoms. The summed E-state index contributed by atoms with van der Waals surface area (Å²) in [6.07, 6.45) is 4.66. The van der Waals surface area contributed by atoms with Gasteiger partial charge in [0, 0.05) is 31.3 Å². The van der Waals surface area contributed by atoms with E-state index in [1.165, 1.54) is 45.9 Å². The normalized spacial score (nSPS) is 20.9. The van der Waals surface area contributed by atoms with E-state index in [4.69, 9.17) is 9.47 Å². The monoisotopic (exact) mass is 452 g/mol. The topological polar surface area (TPSA) is 45.5 Å². The zero-order chi connectivity index (χ0) is 23.3. The Morgan fingerprint density at radius 1 is 0.912 bits per heavy atom. The van der Waals surface area contributed by atoms with Gasteiger partial charge < -0.3 is 14.4 Å². The van der Waals surface area contributed by atoms with Gasteiger partial charge >= 0.3 is 0 Å². The lowest BCUT2D eigenvalue weighted by molar-refractivity contribution is -0.302. The predicted molar refractivity (Wildman–Crippen MR) is 136 cm³/mol. The Kier molecular flexibility index (Phi) is 5.17. The second kappa shape index (κ2) is 8.12. The molecule has 2 fully saturated rings. The molecule has 3 aromatic carbocycles. The molecule has 0 radical (unpaired) electrons. The first kappa shape index (κ1) is 21.6. The zero-order valence-electron chi connectivity index (χ0n) is 20.2. The second-order valence-corrected chi connectivity index (χ2v) is 10.9. The molecule has 0 amide bonds. The van der Waals surface area contributed by atoms with Crippen molar-refractivity contribution in [3.63, 3.8) is 0 Å². The number of rotatable bonds is 2. The van der Waals surface area contributed by atoms with Crippen molar-refractivity contribution in [1.82, 2.24) is 0 Å². The Morgan fingerprint density at radius 3 is 2.41 bits per heavy atom. The Bertz CT molecular complexity index is 1280. The van der Waals surface area contributed by atoms with Crippen molar-refractivity contribution in [1.29, 1.82) is 5.26 Å². The molecule has 0 N–H and O–H groups in total. The minimum absolute atomic E-state index is 0.0292. The third-order valence-electron chi connectivity index (χ3n) is 7.82. The van der Waals surface area contributed by atoms with Gasteiger partial charge in [0.2, 0.25) is 0 Å². The van der Waals surface area contributed by atoms with Gasteiger partial charge in [-0.25, -0.2) is 0 Å². The number of hydrogen-bond donors (Lipinski definition) is 0. The maximum atomic E-state index is 10.3. The predicted octanol–water partition coefficient (Wildman–Crippen LogP) is 6.24. The second-order valence-electron chi connectivity index (χ2n) is 10.9. The highest BCUT2D eigenvalue weighted by Crippen LogP contribution is 2.46. The summed E-state index contributed by atoms with van der Waals surface area (Å²) in [5, 5.41) is 12.8. The van der Waals surface area contributed by atoms with Gasteiger partial charge in [0.15, 0.2) is 5.79 Å². The molecule has 3 aromatic rings. The molecular formula is C30H32N2O2. The van der Waals surface area contributed by atoms with Gasteiger partial charge in [0.05, 0.1) is 24.5 Å². The number of benzene rings is 3. The van der Waals surface area contributed by atoms with Gasteiger partial charge in [-0.3, -0.25) is 0 Å². The van der Waals surface area contributed by atoms with Crippen LogP contribution in [0.4, 0.5) is 5.69 Å². The highest BCUT2D eigenvalue weighted by Gasteiger charge is 2.44. The lowest BCUT2D eigenvalue weighted by Gasteiger charge is -2.46. The molecule has 4 nitrogen and oxygen atoms in total. The van der Waals surface area contributed by atoms with E-state index in [-0.39, 0.29) is 5.41 Å². The molecule has 0 atom stereocenters. The number of anilines is 1. The van der Waals surface area contributed by atoms with E-state index in [0.717, 1.165) is 37.2 Å². The molecule has 1 aliphatic carbocycles. The van der Waals surface area contributed by atoms with Crippen molar-refractivity contribution in [3.8, 4) is 17.2 Å². The van der Waals surface area contributed by atoms with Crippen LogP contribution in [0.1, 0.15) is 49.8 Å². The zero-order valence-corrected chi connectivity index (χ0v) is 20.2. The van der Waals surface area contributed by atoms with Gasteiger partial charge in [-0.05, 0) is 58.4 Å². The lowest BCUT2D eigenvalue weighted by atomic mass is 9.78. The molecule has 1 spiro atoms. The number of nitriles is 1. The van der Waals surface area contributed by atoms with Crippen LogP contribution in [-0.4, -0.2) is 32.1 Å². The van der Waals surface area contributed by atoms with E-state index in [1.54, 1.807) is 0 Å². The summed E-state index contributed by atoms with van der Waals surface area (Å²) in [6, 6.07) is 20.0. The summed E-state index contributed by atoms with van der Waals surface area (Å²) in [5.74, 6) is -0.594. The SMILES string of the molecule is CC1(C)COC2(CCc3c(C#N)c(N4CCCC4)cc(-c4cccc5ccccc45)c3C2)OC1. The molecular weight excluding hydrogens is 420 g/mol. The molecule has 4 heteroatoms. The van der Waals surface area contributed by atoms with Crippen molar-refractivity contribution < 1.29 is 9.47 Å². The quantitative estimate of drug-likeness (QED) is 0.462. The summed E-state index contributed by atoms with van der Waals surface area (Å²) in [5.41, 5.74) is 6.85.